The lowest BCUT2D eigenvalue weighted by atomic mass is 10.1. The number of hydrogen-bond donors (Lipinski definition) is 2. The summed E-state index contributed by atoms with van der Waals surface area (Å²) >= 11 is 1.80. The highest BCUT2D eigenvalue weighted by atomic mass is 32.2. The summed E-state index contributed by atoms with van der Waals surface area (Å²) < 4.78 is 0. The second kappa shape index (κ2) is 6.54. The van der Waals surface area contributed by atoms with Crippen molar-refractivity contribution in [2.24, 2.45) is 5.84 Å². The van der Waals surface area contributed by atoms with E-state index in [-0.39, 0.29) is 0 Å². The number of thioether (sulfide) groups is 1. The highest BCUT2D eigenvalue weighted by Gasteiger charge is 2.11. The van der Waals surface area contributed by atoms with Crippen molar-refractivity contribution in [3.05, 3.63) is 41.7 Å². The Morgan fingerprint density at radius 1 is 1.21 bits per heavy atom. The van der Waals surface area contributed by atoms with Gasteiger partial charge >= 0.3 is 0 Å². The van der Waals surface area contributed by atoms with Gasteiger partial charge in [-0.1, -0.05) is 37.3 Å². The average molecular weight is 274 g/mol. The van der Waals surface area contributed by atoms with Crippen LogP contribution in [-0.2, 0) is 5.75 Å². The predicted octanol–water partition coefficient (Wildman–Crippen LogP) is 2.99. The van der Waals surface area contributed by atoms with Gasteiger partial charge in [-0.15, -0.1) is 0 Å². The van der Waals surface area contributed by atoms with E-state index in [1.165, 1.54) is 0 Å². The molecule has 3 N–H and O–H groups in total. The second-order valence-electron chi connectivity index (χ2n) is 4.11. The molecule has 0 bridgehead atoms. The maximum absolute atomic E-state index is 5.55. The Labute approximate surface area is 117 Å². The van der Waals surface area contributed by atoms with E-state index in [1.807, 2.05) is 37.3 Å². The fraction of sp³-hybridized carbons (Fsp3) is 0.286. The molecular formula is C14H18N4S. The van der Waals surface area contributed by atoms with Gasteiger partial charge in [0.2, 0.25) is 0 Å². The van der Waals surface area contributed by atoms with Crippen molar-refractivity contribution in [2.75, 3.05) is 11.2 Å². The van der Waals surface area contributed by atoms with Crippen molar-refractivity contribution < 1.29 is 0 Å². The number of nitrogens with zero attached hydrogens (tertiary/aromatic N) is 2. The zero-order valence-corrected chi connectivity index (χ0v) is 12.0. The molecule has 1 aromatic carbocycles. The molecule has 0 spiro atoms. The molecule has 0 aliphatic carbocycles. The third-order valence-corrected chi connectivity index (χ3v) is 3.68. The summed E-state index contributed by atoms with van der Waals surface area (Å²) in [6.07, 6.45) is 0. The minimum Gasteiger partial charge on any atom is -0.308 e. The van der Waals surface area contributed by atoms with Crippen LogP contribution in [-0.4, -0.2) is 15.7 Å². The minimum atomic E-state index is 0.695. The standard InChI is InChI=1S/C14H18N4S/c1-3-19-9-12-16-13(10(2)14(17-12)18-15)11-7-5-4-6-8-11/h4-8H,3,9,15H2,1-2H3,(H,16,17,18). The van der Waals surface area contributed by atoms with Crippen molar-refractivity contribution in [2.45, 2.75) is 19.6 Å². The zero-order chi connectivity index (χ0) is 13.7. The van der Waals surface area contributed by atoms with Crippen LogP contribution < -0.4 is 11.3 Å². The number of aromatic nitrogens is 2. The number of hydrazine groups is 1. The van der Waals surface area contributed by atoms with Gasteiger partial charge in [-0.2, -0.15) is 11.8 Å². The number of anilines is 1. The van der Waals surface area contributed by atoms with E-state index in [1.54, 1.807) is 11.8 Å². The summed E-state index contributed by atoms with van der Waals surface area (Å²) in [5, 5.41) is 0. The Hall–Kier alpha value is -1.59. The fourth-order valence-electron chi connectivity index (χ4n) is 1.84. The van der Waals surface area contributed by atoms with Crippen LogP contribution in [0.4, 0.5) is 5.82 Å². The first-order chi connectivity index (χ1) is 9.26. The monoisotopic (exact) mass is 274 g/mol. The normalized spacial score (nSPS) is 10.5. The Bertz CT molecular complexity index is 543. The quantitative estimate of drug-likeness (QED) is 0.648. The molecule has 0 radical (unpaired) electrons. The van der Waals surface area contributed by atoms with Crippen molar-refractivity contribution in [3.8, 4) is 11.3 Å². The van der Waals surface area contributed by atoms with Gasteiger partial charge in [0.05, 0.1) is 11.4 Å². The van der Waals surface area contributed by atoms with E-state index in [0.717, 1.165) is 34.2 Å². The van der Waals surface area contributed by atoms with Crippen molar-refractivity contribution in [1.29, 1.82) is 0 Å². The first-order valence-electron chi connectivity index (χ1n) is 6.23. The van der Waals surface area contributed by atoms with Gasteiger partial charge in [-0.05, 0) is 12.7 Å². The van der Waals surface area contributed by atoms with Crippen LogP contribution in [0.15, 0.2) is 30.3 Å². The Balaban J connectivity index is 2.46. The maximum atomic E-state index is 5.55. The van der Waals surface area contributed by atoms with Gasteiger partial charge in [0.15, 0.2) is 0 Å². The molecule has 100 valence electrons. The lowest BCUT2D eigenvalue weighted by Gasteiger charge is -2.12. The second-order valence-corrected chi connectivity index (χ2v) is 5.38. The summed E-state index contributed by atoms with van der Waals surface area (Å²) in [5.74, 6) is 8.89. The number of nitrogens with one attached hydrogen (secondary N) is 1. The van der Waals surface area contributed by atoms with Gasteiger partial charge < -0.3 is 5.43 Å². The van der Waals surface area contributed by atoms with E-state index < -0.39 is 0 Å². The zero-order valence-electron chi connectivity index (χ0n) is 11.2. The number of benzene rings is 1. The fourth-order valence-corrected chi connectivity index (χ4v) is 2.35. The van der Waals surface area contributed by atoms with Crippen LogP contribution in [0.1, 0.15) is 18.3 Å². The molecule has 0 amide bonds. The molecule has 1 aromatic heterocycles. The molecule has 0 aliphatic rings. The third-order valence-electron chi connectivity index (χ3n) is 2.81. The van der Waals surface area contributed by atoms with E-state index >= 15 is 0 Å². The molecule has 1 heterocycles. The molecule has 0 saturated heterocycles. The molecule has 5 heteroatoms. The van der Waals surface area contributed by atoms with Crippen LogP contribution in [0.3, 0.4) is 0 Å². The summed E-state index contributed by atoms with van der Waals surface area (Å²) in [5.41, 5.74) is 5.66. The lowest BCUT2D eigenvalue weighted by molar-refractivity contribution is 1.01. The molecule has 0 unspecified atom stereocenters. The van der Waals surface area contributed by atoms with Gasteiger partial charge in [0.25, 0.3) is 0 Å². The molecule has 2 aromatic rings. The Morgan fingerprint density at radius 2 is 1.95 bits per heavy atom. The van der Waals surface area contributed by atoms with E-state index in [4.69, 9.17) is 5.84 Å². The molecule has 19 heavy (non-hydrogen) atoms. The van der Waals surface area contributed by atoms with E-state index in [2.05, 4.69) is 22.3 Å². The van der Waals surface area contributed by atoms with Gasteiger partial charge in [-0.25, -0.2) is 15.8 Å². The Morgan fingerprint density at radius 3 is 2.58 bits per heavy atom. The van der Waals surface area contributed by atoms with Crippen LogP contribution in [0.25, 0.3) is 11.3 Å². The smallest absolute Gasteiger partial charge is 0.147 e. The lowest BCUT2D eigenvalue weighted by Crippen LogP contribution is -2.13. The Kier molecular flexibility index (Phi) is 4.76. The van der Waals surface area contributed by atoms with E-state index in [0.29, 0.717) is 5.82 Å². The summed E-state index contributed by atoms with van der Waals surface area (Å²) in [7, 11) is 0. The molecule has 0 atom stereocenters. The number of nitrogen functional groups attached to an aromatic ring is 1. The van der Waals surface area contributed by atoms with Crippen LogP contribution in [0, 0.1) is 6.92 Å². The van der Waals surface area contributed by atoms with Crippen LogP contribution in [0.2, 0.25) is 0 Å². The molecule has 0 saturated carbocycles. The number of hydrogen-bond acceptors (Lipinski definition) is 5. The summed E-state index contributed by atoms with van der Waals surface area (Å²) in [6, 6.07) is 10.1. The topological polar surface area (TPSA) is 63.8 Å². The van der Waals surface area contributed by atoms with Crippen molar-refractivity contribution in [1.82, 2.24) is 9.97 Å². The summed E-state index contributed by atoms with van der Waals surface area (Å²) in [6.45, 7) is 4.10. The van der Waals surface area contributed by atoms with E-state index in [9.17, 15) is 0 Å². The highest BCUT2D eigenvalue weighted by molar-refractivity contribution is 7.98. The van der Waals surface area contributed by atoms with Crippen LogP contribution >= 0.6 is 11.8 Å². The maximum Gasteiger partial charge on any atom is 0.147 e. The van der Waals surface area contributed by atoms with Gasteiger partial charge in [-0.3, -0.25) is 0 Å². The predicted molar refractivity (Wildman–Crippen MR) is 81.9 cm³/mol. The molecule has 0 aliphatic heterocycles. The average Bonchev–Trinajstić information content (AvgIpc) is 2.47. The minimum absolute atomic E-state index is 0.695. The first-order valence-corrected chi connectivity index (χ1v) is 7.39. The number of nitrogens with two attached hydrogens (primary N) is 1. The summed E-state index contributed by atoms with van der Waals surface area (Å²) in [4.78, 5) is 9.11. The highest BCUT2D eigenvalue weighted by Crippen LogP contribution is 2.26. The largest absolute Gasteiger partial charge is 0.308 e. The SMILES string of the molecule is CCSCc1nc(NN)c(C)c(-c2ccccc2)n1. The molecule has 2 rings (SSSR count). The number of rotatable bonds is 5. The van der Waals surface area contributed by atoms with Crippen molar-refractivity contribution >= 4 is 17.6 Å². The third kappa shape index (κ3) is 3.24. The van der Waals surface area contributed by atoms with Gasteiger partial charge in [0.1, 0.15) is 11.6 Å². The van der Waals surface area contributed by atoms with Crippen molar-refractivity contribution in [3.63, 3.8) is 0 Å². The van der Waals surface area contributed by atoms with Crippen LogP contribution in [0.5, 0.6) is 0 Å². The van der Waals surface area contributed by atoms with Gasteiger partial charge in [0, 0.05) is 11.1 Å². The molecular weight excluding hydrogens is 256 g/mol. The molecule has 0 fully saturated rings. The first kappa shape index (κ1) is 13.8. The molecule has 4 nitrogen and oxygen atoms in total.